The van der Waals surface area contributed by atoms with E-state index in [1.165, 1.54) is 30.3 Å². The number of nitro groups is 1. The number of thiophene rings is 1. The third kappa shape index (κ3) is 5.01. The van der Waals surface area contributed by atoms with E-state index in [0.29, 0.717) is 14.8 Å². The van der Waals surface area contributed by atoms with Crippen molar-refractivity contribution in [2.24, 2.45) is 0 Å². The summed E-state index contributed by atoms with van der Waals surface area (Å²) in [5.41, 5.74) is 0.564. The fraction of sp³-hybridized carbons (Fsp3) is 0.0667. The zero-order chi connectivity index (χ0) is 16.8. The molecular formula is C15H10ClNO5S. The maximum absolute atomic E-state index is 11.7. The first-order valence-electron chi connectivity index (χ1n) is 6.33. The van der Waals surface area contributed by atoms with E-state index in [-0.39, 0.29) is 18.1 Å². The van der Waals surface area contributed by atoms with Crippen LogP contribution in [-0.4, -0.2) is 23.3 Å². The summed E-state index contributed by atoms with van der Waals surface area (Å²) in [5, 5.41) is 10.5. The second-order valence-electron chi connectivity index (χ2n) is 4.32. The van der Waals surface area contributed by atoms with Crippen LogP contribution in [-0.2, 0) is 9.53 Å². The molecule has 1 heterocycles. The Morgan fingerprint density at radius 3 is 2.48 bits per heavy atom. The van der Waals surface area contributed by atoms with E-state index < -0.39 is 10.9 Å². The minimum Gasteiger partial charge on any atom is -0.454 e. The first kappa shape index (κ1) is 16.9. The molecule has 1 aromatic carbocycles. The summed E-state index contributed by atoms with van der Waals surface area (Å²) in [6.45, 7) is -0.375. The Hall–Kier alpha value is -2.51. The van der Waals surface area contributed by atoms with Crippen molar-refractivity contribution >= 4 is 46.5 Å². The Bertz CT molecular complexity index is 766. The molecule has 0 amide bonds. The summed E-state index contributed by atoms with van der Waals surface area (Å²) in [7, 11) is 0. The van der Waals surface area contributed by atoms with Gasteiger partial charge in [0.2, 0.25) is 5.78 Å². The van der Waals surface area contributed by atoms with E-state index in [2.05, 4.69) is 0 Å². The number of nitro benzene ring substituents is 1. The quantitative estimate of drug-likeness (QED) is 0.260. The number of esters is 1. The molecule has 0 N–H and O–H groups in total. The average molecular weight is 352 g/mol. The van der Waals surface area contributed by atoms with Gasteiger partial charge in [0.1, 0.15) is 0 Å². The lowest BCUT2D eigenvalue weighted by Gasteiger charge is -1.99. The van der Waals surface area contributed by atoms with Gasteiger partial charge in [0.15, 0.2) is 6.61 Å². The second-order valence-corrected chi connectivity index (χ2v) is 6.03. The minimum absolute atomic E-state index is 0.0371. The topological polar surface area (TPSA) is 86.5 Å². The van der Waals surface area contributed by atoms with Crippen LogP contribution in [0.4, 0.5) is 5.69 Å². The predicted octanol–water partition coefficient (Wildman–Crippen LogP) is 3.75. The molecule has 0 spiro atoms. The fourth-order valence-electron chi connectivity index (χ4n) is 1.59. The molecule has 118 valence electrons. The first-order chi connectivity index (χ1) is 11.0. The van der Waals surface area contributed by atoms with Crippen LogP contribution >= 0.6 is 22.9 Å². The largest absolute Gasteiger partial charge is 0.454 e. The van der Waals surface area contributed by atoms with Crippen molar-refractivity contribution in [1.82, 2.24) is 0 Å². The van der Waals surface area contributed by atoms with Crippen molar-refractivity contribution in [2.45, 2.75) is 0 Å². The molecule has 0 aliphatic carbocycles. The number of benzene rings is 1. The van der Waals surface area contributed by atoms with Gasteiger partial charge in [-0.3, -0.25) is 14.9 Å². The van der Waals surface area contributed by atoms with Crippen LogP contribution in [0.1, 0.15) is 15.2 Å². The summed E-state index contributed by atoms with van der Waals surface area (Å²) in [4.78, 5) is 33.7. The molecule has 8 heteroatoms. The van der Waals surface area contributed by atoms with Crippen molar-refractivity contribution in [2.75, 3.05) is 6.61 Å². The highest BCUT2D eigenvalue weighted by molar-refractivity contribution is 7.18. The Labute approximate surface area is 140 Å². The van der Waals surface area contributed by atoms with E-state index in [9.17, 15) is 19.7 Å². The third-order valence-electron chi connectivity index (χ3n) is 2.71. The van der Waals surface area contributed by atoms with E-state index >= 15 is 0 Å². The molecule has 0 atom stereocenters. The van der Waals surface area contributed by atoms with Crippen LogP contribution < -0.4 is 0 Å². The maximum atomic E-state index is 11.7. The van der Waals surface area contributed by atoms with Crippen LogP contribution in [0.3, 0.4) is 0 Å². The lowest BCUT2D eigenvalue weighted by Crippen LogP contribution is -2.11. The maximum Gasteiger partial charge on any atom is 0.331 e. The van der Waals surface area contributed by atoms with Crippen molar-refractivity contribution in [1.29, 1.82) is 0 Å². The predicted molar refractivity (Wildman–Crippen MR) is 86.7 cm³/mol. The second kappa shape index (κ2) is 7.66. The molecule has 6 nitrogen and oxygen atoms in total. The Morgan fingerprint density at radius 2 is 1.91 bits per heavy atom. The van der Waals surface area contributed by atoms with Crippen molar-refractivity contribution in [3.8, 4) is 0 Å². The van der Waals surface area contributed by atoms with E-state index in [1.54, 1.807) is 12.1 Å². The van der Waals surface area contributed by atoms with Crippen molar-refractivity contribution < 1.29 is 19.2 Å². The number of carbonyl (C=O) groups excluding carboxylic acids is 2. The smallest absolute Gasteiger partial charge is 0.331 e. The summed E-state index contributed by atoms with van der Waals surface area (Å²) in [6, 6.07) is 8.82. The van der Waals surface area contributed by atoms with Crippen molar-refractivity contribution in [3.63, 3.8) is 0 Å². The van der Waals surface area contributed by atoms with Gasteiger partial charge < -0.3 is 4.74 Å². The number of hydrogen-bond donors (Lipinski definition) is 0. The van der Waals surface area contributed by atoms with Crippen LogP contribution in [0.2, 0.25) is 4.34 Å². The summed E-state index contributed by atoms with van der Waals surface area (Å²) < 4.78 is 5.32. The van der Waals surface area contributed by atoms with Crippen LogP contribution in [0.25, 0.3) is 6.08 Å². The molecule has 0 saturated heterocycles. The highest BCUT2D eigenvalue weighted by Crippen LogP contribution is 2.21. The molecule has 0 saturated carbocycles. The number of Topliss-reactive ketones (excluding diaryl/α,β-unsaturated/α-hetero) is 1. The highest BCUT2D eigenvalue weighted by Gasteiger charge is 2.11. The molecule has 0 unspecified atom stereocenters. The zero-order valence-electron chi connectivity index (χ0n) is 11.6. The number of nitrogens with zero attached hydrogens (tertiary/aromatic N) is 1. The number of ketones is 1. The third-order valence-corrected chi connectivity index (χ3v) is 3.98. The number of halogens is 1. The molecular weight excluding hydrogens is 342 g/mol. The molecule has 0 radical (unpaired) electrons. The van der Waals surface area contributed by atoms with E-state index in [4.69, 9.17) is 16.3 Å². The van der Waals surface area contributed by atoms with Gasteiger partial charge in [0.25, 0.3) is 5.69 Å². The van der Waals surface area contributed by atoms with Gasteiger partial charge in [-0.25, -0.2) is 4.79 Å². The number of non-ortho nitro benzene ring substituents is 1. The highest BCUT2D eigenvalue weighted by atomic mass is 35.5. The summed E-state index contributed by atoms with van der Waals surface area (Å²) >= 11 is 6.83. The molecule has 0 bridgehead atoms. The average Bonchev–Trinajstić information content (AvgIpc) is 2.97. The molecule has 2 aromatic rings. The fourth-order valence-corrected chi connectivity index (χ4v) is 2.56. The molecule has 23 heavy (non-hydrogen) atoms. The molecule has 1 aromatic heterocycles. The molecule has 0 aliphatic heterocycles. The Kier molecular flexibility index (Phi) is 5.61. The number of hydrogen-bond acceptors (Lipinski definition) is 6. The molecule has 0 fully saturated rings. The van der Waals surface area contributed by atoms with Gasteiger partial charge in [-0.1, -0.05) is 11.6 Å². The van der Waals surface area contributed by atoms with Gasteiger partial charge in [-0.05, 0) is 35.9 Å². The van der Waals surface area contributed by atoms with Gasteiger partial charge >= 0.3 is 5.97 Å². The zero-order valence-corrected chi connectivity index (χ0v) is 13.2. The van der Waals surface area contributed by atoms with Gasteiger partial charge in [0.05, 0.1) is 14.1 Å². The Morgan fingerprint density at radius 1 is 1.22 bits per heavy atom. The van der Waals surface area contributed by atoms with E-state index in [1.807, 2.05) is 0 Å². The lowest BCUT2D eigenvalue weighted by molar-refractivity contribution is -0.384. The van der Waals surface area contributed by atoms with Crippen LogP contribution in [0.15, 0.2) is 42.5 Å². The minimum atomic E-state index is -0.681. The van der Waals surface area contributed by atoms with E-state index in [0.717, 1.165) is 17.4 Å². The SMILES string of the molecule is O=C(/C=C/c1ccc([N+](=O)[O-])cc1)OCC(=O)c1ccc(Cl)s1. The number of ether oxygens (including phenoxy) is 1. The monoisotopic (exact) mass is 351 g/mol. The normalized spacial score (nSPS) is 10.7. The number of carbonyl (C=O) groups is 2. The van der Waals surface area contributed by atoms with Gasteiger partial charge in [0, 0.05) is 18.2 Å². The summed E-state index contributed by atoms with van der Waals surface area (Å²) in [5.74, 6) is -1.02. The standard InChI is InChI=1S/C15H10ClNO5S/c16-14-7-6-13(23-14)12(18)9-22-15(19)8-3-10-1-4-11(5-2-10)17(20)21/h1-8H,9H2/b8-3+. The Balaban J connectivity index is 1.86. The molecule has 0 aliphatic rings. The van der Waals surface area contributed by atoms with Gasteiger partial charge in [-0.2, -0.15) is 0 Å². The van der Waals surface area contributed by atoms with Crippen molar-refractivity contribution in [3.05, 3.63) is 67.4 Å². The summed E-state index contributed by atoms with van der Waals surface area (Å²) in [6.07, 6.45) is 2.59. The lowest BCUT2D eigenvalue weighted by atomic mass is 10.2. The van der Waals surface area contributed by atoms with Crippen LogP contribution in [0, 0.1) is 10.1 Å². The molecule has 2 rings (SSSR count). The van der Waals surface area contributed by atoms with Gasteiger partial charge in [-0.15, -0.1) is 11.3 Å². The number of rotatable bonds is 6. The van der Waals surface area contributed by atoms with Crippen LogP contribution in [0.5, 0.6) is 0 Å². The first-order valence-corrected chi connectivity index (χ1v) is 7.53.